The average molecular weight is 311 g/mol. The highest BCUT2D eigenvalue weighted by atomic mass is 35.5. The molecule has 0 radical (unpaired) electrons. The van der Waals surface area contributed by atoms with Crippen LogP contribution >= 0.6 is 11.6 Å². The number of carbonyl (C=O) groups excluding carboxylic acids is 1. The molecule has 1 aromatic carbocycles. The Bertz CT molecular complexity index is 668. The SMILES string of the molecule is Nc1nccnc1C(=O)NCC(O)c1ccc(Cl)c(F)c1. The van der Waals surface area contributed by atoms with E-state index in [-0.39, 0.29) is 23.1 Å². The van der Waals surface area contributed by atoms with E-state index in [4.69, 9.17) is 17.3 Å². The van der Waals surface area contributed by atoms with Gasteiger partial charge in [-0.05, 0) is 17.7 Å². The lowest BCUT2D eigenvalue weighted by molar-refractivity contribution is 0.0912. The van der Waals surface area contributed by atoms with E-state index < -0.39 is 17.8 Å². The Balaban J connectivity index is 2.01. The van der Waals surface area contributed by atoms with Crippen molar-refractivity contribution in [2.75, 3.05) is 12.3 Å². The number of rotatable bonds is 4. The molecule has 0 saturated heterocycles. The minimum absolute atomic E-state index is 0.0120. The fourth-order valence-electron chi connectivity index (χ4n) is 1.63. The van der Waals surface area contributed by atoms with E-state index in [0.717, 1.165) is 6.07 Å². The number of nitrogens with one attached hydrogen (secondary N) is 1. The molecular weight excluding hydrogens is 299 g/mol. The molecule has 8 heteroatoms. The number of hydrogen-bond donors (Lipinski definition) is 3. The topological polar surface area (TPSA) is 101 Å². The number of nitrogens with two attached hydrogens (primary N) is 1. The Hall–Kier alpha value is -2.25. The predicted octanol–water partition coefficient (Wildman–Crippen LogP) is 1.31. The van der Waals surface area contributed by atoms with Crippen molar-refractivity contribution in [3.63, 3.8) is 0 Å². The van der Waals surface area contributed by atoms with Gasteiger partial charge >= 0.3 is 0 Å². The van der Waals surface area contributed by atoms with Gasteiger partial charge in [-0.1, -0.05) is 17.7 Å². The van der Waals surface area contributed by atoms with Gasteiger partial charge in [-0.15, -0.1) is 0 Å². The number of carbonyl (C=O) groups is 1. The minimum Gasteiger partial charge on any atom is -0.387 e. The first-order chi connectivity index (χ1) is 9.99. The fraction of sp³-hybridized carbons (Fsp3) is 0.154. The number of nitrogens with zero attached hydrogens (tertiary/aromatic N) is 2. The molecule has 0 aliphatic heterocycles. The van der Waals surface area contributed by atoms with Crippen molar-refractivity contribution in [3.8, 4) is 0 Å². The molecule has 1 aromatic heterocycles. The van der Waals surface area contributed by atoms with Crippen LogP contribution in [0.3, 0.4) is 0 Å². The van der Waals surface area contributed by atoms with Gasteiger partial charge in [0.15, 0.2) is 11.5 Å². The van der Waals surface area contributed by atoms with Crippen molar-refractivity contribution in [2.24, 2.45) is 0 Å². The summed E-state index contributed by atoms with van der Waals surface area (Å²) < 4.78 is 13.3. The van der Waals surface area contributed by atoms with E-state index in [2.05, 4.69) is 15.3 Å². The maximum Gasteiger partial charge on any atom is 0.273 e. The van der Waals surface area contributed by atoms with Crippen LogP contribution in [0.4, 0.5) is 10.2 Å². The molecule has 6 nitrogen and oxygen atoms in total. The lowest BCUT2D eigenvalue weighted by Gasteiger charge is -2.12. The maximum atomic E-state index is 13.3. The number of aromatic nitrogens is 2. The van der Waals surface area contributed by atoms with E-state index in [1.165, 1.54) is 24.5 Å². The third kappa shape index (κ3) is 3.65. The zero-order valence-electron chi connectivity index (χ0n) is 10.8. The average Bonchev–Trinajstić information content (AvgIpc) is 2.47. The number of anilines is 1. The molecule has 0 bridgehead atoms. The van der Waals surface area contributed by atoms with Crippen LogP contribution in [-0.2, 0) is 0 Å². The Morgan fingerprint density at radius 3 is 2.81 bits per heavy atom. The van der Waals surface area contributed by atoms with E-state index >= 15 is 0 Å². The predicted molar refractivity (Wildman–Crippen MR) is 75.1 cm³/mol. The van der Waals surface area contributed by atoms with E-state index in [9.17, 15) is 14.3 Å². The standard InChI is InChI=1S/C13H12ClFN4O2/c14-8-2-1-7(5-9(8)15)10(20)6-19-13(21)11-12(16)18-4-3-17-11/h1-5,10,20H,6H2,(H2,16,18)(H,19,21). The third-order valence-electron chi connectivity index (χ3n) is 2.73. The van der Waals surface area contributed by atoms with Crippen molar-refractivity contribution in [2.45, 2.75) is 6.10 Å². The smallest absolute Gasteiger partial charge is 0.273 e. The first kappa shape index (κ1) is 15.1. The monoisotopic (exact) mass is 310 g/mol. The summed E-state index contributed by atoms with van der Waals surface area (Å²) in [5.74, 6) is -1.23. The lowest BCUT2D eigenvalue weighted by atomic mass is 10.1. The quantitative estimate of drug-likeness (QED) is 0.790. The van der Waals surface area contributed by atoms with Crippen LogP contribution in [-0.4, -0.2) is 27.5 Å². The Labute approximate surface area is 124 Å². The Morgan fingerprint density at radius 1 is 1.43 bits per heavy atom. The largest absolute Gasteiger partial charge is 0.387 e. The molecule has 1 heterocycles. The van der Waals surface area contributed by atoms with Crippen molar-refractivity contribution in [1.29, 1.82) is 0 Å². The van der Waals surface area contributed by atoms with Crippen LogP contribution in [0.1, 0.15) is 22.2 Å². The summed E-state index contributed by atoms with van der Waals surface area (Å²) in [5, 5.41) is 12.3. The minimum atomic E-state index is -1.08. The number of aliphatic hydroxyl groups excluding tert-OH is 1. The Kier molecular flexibility index (Phi) is 4.66. The highest BCUT2D eigenvalue weighted by Gasteiger charge is 2.15. The highest BCUT2D eigenvalue weighted by molar-refractivity contribution is 6.30. The summed E-state index contributed by atoms with van der Waals surface area (Å²) in [5.41, 5.74) is 5.77. The first-order valence-corrected chi connectivity index (χ1v) is 6.34. The summed E-state index contributed by atoms with van der Waals surface area (Å²) in [7, 11) is 0. The highest BCUT2D eigenvalue weighted by Crippen LogP contribution is 2.20. The maximum absolute atomic E-state index is 13.3. The molecule has 1 atom stereocenters. The molecule has 1 amide bonds. The summed E-state index contributed by atoms with van der Waals surface area (Å²) in [6.07, 6.45) is 1.60. The van der Waals surface area contributed by atoms with E-state index in [0.29, 0.717) is 5.56 Å². The van der Waals surface area contributed by atoms with Gasteiger partial charge in [-0.2, -0.15) is 0 Å². The van der Waals surface area contributed by atoms with E-state index in [1.807, 2.05) is 0 Å². The molecule has 0 aliphatic rings. The molecule has 2 rings (SSSR count). The molecule has 0 spiro atoms. The van der Waals surface area contributed by atoms with Gasteiger partial charge < -0.3 is 16.2 Å². The number of aliphatic hydroxyl groups is 1. The second kappa shape index (κ2) is 6.47. The lowest BCUT2D eigenvalue weighted by Crippen LogP contribution is -2.30. The molecule has 110 valence electrons. The van der Waals surface area contributed by atoms with Gasteiger partial charge in [0.1, 0.15) is 5.82 Å². The normalized spacial score (nSPS) is 12.0. The Morgan fingerprint density at radius 2 is 2.14 bits per heavy atom. The number of hydrogen-bond acceptors (Lipinski definition) is 5. The molecule has 1 unspecified atom stereocenters. The summed E-state index contributed by atoms with van der Waals surface area (Å²) in [6.45, 7) is -0.129. The van der Waals surface area contributed by atoms with Crippen LogP contribution in [0.15, 0.2) is 30.6 Å². The van der Waals surface area contributed by atoms with Gasteiger partial charge in [-0.3, -0.25) is 4.79 Å². The second-order valence-corrected chi connectivity index (χ2v) is 4.60. The molecule has 0 aliphatic carbocycles. The molecule has 4 N–H and O–H groups in total. The van der Waals surface area contributed by atoms with Crippen molar-refractivity contribution < 1.29 is 14.3 Å². The summed E-state index contributed by atoms with van der Waals surface area (Å²) in [4.78, 5) is 19.4. The zero-order valence-corrected chi connectivity index (χ0v) is 11.5. The number of nitrogen functional groups attached to an aromatic ring is 1. The van der Waals surface area contributed by atoms with Crippen molar-refractivity contribution in [3.05, 3.63) is 52.7 Å². The summed E-state index contributed by atoms with van der Waals surface area (Å²) in [6, 6.07) is 3.91. The van der Waals surface area contributed by atoms with Crippen LogP contribution in [0, 0.1) is 5.82 Å². The van der Waals surface area contributed by atoms with E-state index in [1.54, 1.807) is 0 Å². The van der Waals surface area contributed by atoms with Gasteiger partial charge in [0, 0.05) is 18.9 Å². The summed E-state index contributed by atoms with van der Waals surface area (Å²) >= 11 is 5.55. The van der Waals surface area contributed by atoms with Crippen molar-refractivity contribution >= 4 is 23.3 Å². The van der Waals surface area contributed by atoms with Gasteiger partial charge in [0.2, 0.25) is 0 Å². The third-order valence-corrected chi connectivity index (χ3v) is 3.03. The first-order valence-electron chi connectivity index (χ1n) is 5.96. The molecule has 2 aromatic rings. The zero-order chi connectivity index (χ0) is 15.4. The van der Waals surface area contributed by atoms with Crippen molar-refractivity contribution in [1.82, 2.24) is 15.3 Å². The van der Waals surface area contributed by atoms with Gasteiger partial charge in [-0.25, -0.2) is 14.4 Å². The van der Waals surface area contributed by atoms with Crippen LogP contribution < -0.4 is 11.1 Å². The number of benzene rings is 1. The molecule has 21 heavy (non-hydrogen) atoms. The number of halogens is 2. The second-order valence-electron chi connectivity index (χ2n) is 4.19. The van der Waals surface area contributed by atoms with Gasteiger partial charge in [0.25, 0.3) is 5.91 Å². The molecule has 0 fully saturated rings. The van der Waals surface area contributed by atoms with Crippen LogP contribution in [0.5, 0.6) is 0 Å². The van der Waals surface area contributed by atoms with Crippen LogP contribution in [0.2, 0.25) is 5.02 Å². The fourth-order valence-corrected chi connectivity index (χ4v) is 1.75. The number of amides is 1. The molecular formula is C13H12ClFN4O2. The molecule has 0 saturated carbocycles. The van der Waals surface area contributed by atoms with Gasteiger partial charge in [0.05, 0.1) is 11.1 Å². The van der Waals surface area contributed by atoms with Crippen LogP contribution in [0.25, 0.3) is 0 Å².